The van der Waals surface area contributed by atoms with E-state index in [2.05, 4.69) is 15.8 Å². The van der Waals surface area contributed by atoms with Gasteiger partial charge in [-0.25, -0.2) is 4.98 Å². The van der Waals surface area contributed by atoms with Gasteiger partial charge in [0.1, 0.15) is 12.4 Å². The Labute approximate surface area is 155 Å². The molecule has 1 unspecified atom stereocenters. The van der Waals surface area contributed by atoms with Crippen molar-refractivity contribution >= 4 is 17.4 Å². The van der Waals surface area contributed by atoms with Crippen LogP contribution in [0.1, 0.15) is 12.0 Å². The van der Waals surface area contributed by atoms with E-state index in [9.17, 15) is 18.3 Å². The Hall–Kier alpha value is -1.53. The fourth-order valence-electron chi connectivity index (χ4n) is 2.79. The van der Waals surface area contributed by atoms with Gasteiger partial charge in [-0.15, -0.1) is 6.42 Å². The lowest BCUT2D eigenvalue weighted by atomic mass is 10.2. The van der Waals surface area contributed by atoms with Gasteiger partial charge < -0.3 is 14.7 Å². The van der Waals surface area contributed by atoms with Crippen LogP contribution < -0.4 is 4.90 Å². The van der Waals surface area contributed by atoms with E-state index < -0.39 is 17.8 Å². The molecule has 0 radical (unpaired) electrons. The summed E-state index contributed by atoms with van der Waals surface area (Å²) in [6.45, 7) is 3.31. The fraction of sp³-hybridized carbons (Fsp3) is 0.588. The number of hydrogen-bond acceptors (Lipinski definition) is 5. The lowest BCUT2D eigenvalue weighted by Gasteiger charge is -2.25. The Morgan fingerprint density at radius 2 is 2.12 bits per heavy atom. The standard InChI is InChI=1S/C17H21ClF3N3O2/c1-2-8-26-12-14(25)11-23-4-3-5-24(7-6-23)16-15(18)9-13(10-22-16)17(19,20)21/h1,9-10,14,25H,3-8,11-12H2. The number of halogens is 4. The zero-order valence-corrected chi connectivity index (χ0v) is 14.9. The van der Waals surface area contributed by atoms with Gasteiger partial charge >= 0.3 is 6.18 Å². The highest BCUT2D eigenvalue weighted by atomic mass is 35.5. The maximum Gasteiger partial charge on any atom is 0.417 e. The van der Waals surface area contributed by atoms with Crippen LogP contribution in [-0.2, 0) is 10.9 Å². The van der Waals surface area contributed by atoms with Crippen LogP contribution in [0.3, 0.4) is 0 Å². The fourth-order valence-corrected chi connectivity index (χ4v) is 3.07. The molecule has 0 bridgehead atoms. The van der Waals surface area contributed by atoms with Gasteiger partial charge in [0.2, 0.25) is 0 Å². The van der Waals surface area contributed by atoms with E-state index in [1.54, 1.807) is 0 Å². The molecule has 1 atom stereocenters. The molecular weight excluding hydrogens is 371 g/mol. The van der Waals surface area contributed by atoms with Crippen molar-refractivity contribution in [1.29, 1.82) is 0 Å². The van der Waals surface area contributed by atoms with E-state index in [0.717, 1.165) is 25.2 Å². The number of β-amino-alcohol motifs (C(OH)–C–C–N with tert-alkyl or cyclic N) is 1. The first-order valence-electron chi connectivity index (χ1n) is 8.20. The molecule has 0 aliphatic carbocycles. The van der Waals surface area contributed by atoms with Crippen LogP contribution in [0.5, 0.6) is 0 Å². The summed E-state index contributed by atoms with van der Waals surface area (Å²) in [5.41, 5.74) is -0.863. The first-order valence-corrected chi connectivity index (χ1v) is 8.58. The Bertz CT molecular complexity index is 637. The molecule has 0 saturated carbocycles. The minimum Gasteiger partial charge on any atom is -0.389 e. The van der Waals surface area contributed by atoms with Crippen molar-refractivity contribution in [1.82, 2.24) is 9.88 Å². The maximum absolute atomic E-state index is 12.7. The third-order valence-corrected chi connectivity index (χ3v) is 4.28. The molecule has 2 rings (SSSR count). The van der Waals surface area contributed by atoms with Crippen molar-refractivity contribution in [3.05, 3.63) is 22.8 Å². The third-order valence-electron chi connectivity index (χ3n) is 4.00. The van der Waals surface area contributed by atoms with Gasteiger partial charge in [-0.3, -0.25) is 4.90 Å². The zero-order valence-electron chi connectivity index (χ0n) is 14.2. The van der Waals surface area contributed by atoms with E-state index in [0.29, 0.717) is 32.0 Å². The molecular formula is C17H21ClF3N3O2. The number of alkyl halides is 3. The van der Waals surface area contributed by atoms with Gasteiger partial charge in [-0.05, 0) is 19.0 Å². The average Bonchev–Trinajstić information content (AvgIpc) is 2.80. The highest BCUT2D eigenvalue weighted by molar-refractivity contribution is 6.33. The van der Waals surface area contributed by atoms with Gasteiger partial charge in [-0.1, -0.05) is 17.5 Å². The van der Waals surface area contributed by atoms with Gasteiger partial charge in [0.05, 0.1) is 23.3 Å². The zero-order chi connectivity index (χ0) is 19.2. The smallest absolute Gasteiger partial charge is 0.389 e. The number of anilines is 1. The van der Waals surface area contributed by atoms with Crippen molar-refractivity contribution < 1.29 is 23.0 Å². The first kappa shape index (κ1) is 20.8. The summed E-state index contributed by atoms with van der Waals surface area (Å²) < 4.78 is 43.3. The Morgan fingerprint density at radius 1 is 1.35 bits per heavy atom. The van der Waals surface area contributed by atoms with Gasteiger partial charge in [0.15, 0.2) is 0 Å². The monoisotopic (exact) mass is 391 g/mol. The summed E-state index contributed by atoms with van der Waals surface area (Å²) in [7, 11) is 0. The normalized spacial score (nSPS) is 17.6. The van der Waals surface area contributed by atoms with E-state index in [1.165, 1.54) is 0 Å². The Balaban J connectivity index is 1.93. The number of hydrogen-bond donors (Lipinski definition) is 1. The lowest BCUT2D eigenvalue weighted by Crippen LogP contribution is -2.37. The number of aromatic nitrogens is 1. The SMILES string of the molecule is C#CCOCC(O)CN1CCCN(c2ncc(C(F)(F)F)cc2Cl)CC1. The summed E-state index contributed by atoms with van der Waals surface area (Å²) in [4.78, 5) is 7.85. The molecule has 144 valence electrons. The van der Waals surface area contributed by atoms with Crippen LogP contribution in [0, 0.1) is 12.3 Å². The molecule has 26 heavy (non-hydrogen) atoms. The van der Waals surface area contributed by atoms with Gasteiger partial charge in [-0.2, -0.15) is 13.2 Å². The Morgan fingerprint density at radius 3 is 2.77 bits per heavy atom. The highest BCUT2D eigenvalue weighted by Gasteiger charge is 2.32. The van der Waals surface area contributed by atoms with Crippen LogP contribution in [0.4, 0.5) is 19.0 Å². The molecule has 1 aromatic heterocycles. The summed E-state index contributed by atoms with van der Waals surface area (Å²) in [6.07, 6.45) is 1.54. The second-order valence-electron chi connectivity index (χ2n) is 6.04. The van der Waals surface area contributed by atoms with Gasteiger partial charge in [0, 0.05) is 32.4 Å². The second-order valence-corrected chi connectivity index (χ2v) is 6.45. The number of nitrogens with zero attached hydrogens (tertiary/aromatic N) is 3. The Kier molecular flexibility index (Phi) is 7.53. The van der Waals surface area contributed by atoms with E-state index in [-0.39, 0.29) is 18.2 Å². The predicted octanol–water partition coefficient (Wildman–Crippen LogP) is 2.28. The van der Waals surface area contributed by atoms with Crippen molar-refractivity contribution in [3.8, 4) is 12.3 Å². The summed E-state index contributed by atoms with van der Waals surface area (Å²) in [5.74, 6) is 2.68. The van der Waals surface area contributed by atoms with Crippen molar-refractivity contribution in [2.24, 2.45) is 0 Å². The number of ether oxygens (including phenoxy) is 1. The molecule has 1 saturated heterocycles. The van der Waals surface area contributed by atoms with Crippen molar-refractivity contribution in [3.63, 3.8) is 0 Å². The van der Waals surface area contributed by atoms with Crippen LogP contribution in [0.2, 0.25) is 5.02 Å². The van der Waals surface area contributed by atoms with Crippen LogP contribution >= 0.6 is 11.6 Å². The number of pyridine rings is 1. The number of terminal acetylenes is 1. The first-order chi connectivity index (χ1) is 12.3. The third kappa shape index (κ3) is 6.02. The lowest BCUT2D eigenvalue weighted by molar-refractivity contribution is -0.137. The average molecular weight is 392 g/mol. The molecule has 1 aromatic rings. The summed E-state index contributed by atoms with van der Waals surface area (Å²) in [5, 5.41) is 9.95. The molecule has 5 nitrogen and oxygen atoms in total. The topological polar surface area (TPSA) is 48.8 Å². The number of rotatable bonds is 6. The molecule has 1 aliphatic rings. The molecule has 0 aromatic carbocycles. The molecule has 1 N–H and O–H groups in total. The van der Waals surface area contributed by atoms with Crippen LogP contribution in [-0.4, -0.2) is 67.0 Å². The molecule has 1 fully saturated rings. The van der Waals surface area contributed by atoms with E-state index in [1.807, 2.05) is 4.90 Å². The van der Waals surface area contributed by atoms with Crippen LogP contribution in [0.15, 0.2) is 12.3 Å². The van der Waals surface area contributed by atoms with E-state index in [4.69, 9.17) is 22.8 Å². The molecule has 9 heteroatoms. The van der Waals surface area contributed by atoms with E-state index >= 15 is 0 Å². The predicted molar refractivity (Wildman–Crippen MR) is 93.2 cm³/mol. The molecule has 2 heterocycles. The number of aliphatic hydroxyl groups is 1. The maximum atomic E-state index is 12.7. The quantitative estimate of drug-likeness (QED) is 0.595. The molecule has 1 aliphatic heterocycles. The highest BCUT2D eigenvalue weighted by Crippen LogP contribution is 2.33. The van der Waals surface area contributed by atoms with Gasteiger partial charge in [0.25, 0.3) is 0 Å². The molecule has 0 amide bonds. The molecule has 0 spiro atoms. The largest absolute Gasteiger partial charge is 0.417 e. The minimum absolute atomic E-state index is 0.0176. The summed E-state index contributed by atoms with van der Waals surface area (Å²) in [6, 6.07) is 0.902. The summed E-state index contributed by atoms with van der Waals surface area (Å²) >= 11 is 6.02. The minimum atomic E-state index is -4.47. The second kappa shape index (κ2) is 9.42. The number of aliphatic hydroxyl groups excluding tert-OH is 1. The van der Waals surface area contributed by atoms with Crippen molar-refractivity contribution in [2.45, 2.75) is 18.7 Å². The van der Waals surface area contributed by atoms with Crippen molar-refractivity contribution in [2.75, 3.05) is 50.8 Å². The van der Waals surface area contributed by atoms with Crippen LogP contribution in [0.25, 0.3) is 0 Å².